The maximum absolute atomic E-state index is 13.8. The zero-order valence-electron chi connectivity index (χ0n) is 15.8. The number of piperazine rings is 1. The van der Waals surface area contributed by atoms with Gasteiger partial charge in [-0.25, -0.2) is 12.8 Å². The van der Waals surface area contributed by atoms with Crippen LogP contribution in [-0.2, 0) is 20.6 Å². The zero-order chi connectivity index (χ0) is 20.1. The molecule has 0 unspecified atom stereocenters. The van der Waals surface area contributed by atoms with Crippen LogP contribution >= 0.6 is 0 Å². The molecule has 0 aliphatic carbocycles. The Bertz CT molecular complexity index is 927. The lowest BCUT2D eigenvalue weighted by Gasteiger charge is -2.33. The Morgan fingerprint density at radius 3 is 2.39 bits per heavy atom. The van der Waals surface area contributed by atoms with Crippen LogP contribution in [0.4, 0.5) is 10.1 Å². The minimum atomic E-state index is -3.39. The van der Waals surface area contributed by atoms with Crippen molar-refractivity contribution in [3.8, 4) is 0 Å². The molecule has 0 spiro atoms. The van der Waals surface area contributed by atoms with Gasteiger partial charge in [0.25, 0.3) is 0 Å². The summed E-state index contributed by atoms with van der Waals surface area (Å²) < 4.78 is 40.5. The van der Waals surface area contributed by atoms with Crippen molar-refractivity contribution >= 4 is 21.6 Å². The molecule has 2 aromatic rings. The Labute approximate surface area is 165 Å². The molecule has 1 heterocycles. The lowest BCUT2D eigenvalue weighted by atomic mass is 10.2. The van der Waals surface area contributed by atoms with E-state index >= 15 is 0 Å². The average molecular weight is 405 g/mol. The van der Waals surface area contributed by atoms with Crippen LogP contribution in [0.1, 0.15) is 11.1 Å². The predicted octanol–water partition coefficient (Wildman–Crippen LogP) is 2.22. The van der Waals surface area contributed by atoms with Crippen LogP contribution in [0.2, 0.25) is 0 Å². The number of anilines is 1. The summed E-state index contributed by atoms with van der Waals surface area (Å²) in [5, 5.41) is 2.57. The summed E-state index contributed by atoms with van der Waals surface area (Å²) in [7, 11) is -3.39. The van der Waals surface area contributed by atoms with E-state index in [-0.39, 0.29) is 23.9 Å². The molecule has 1 aliphatic heterocycles. The van der Waals surface area contributed by atoms with Crippen molar-refractivity contribution in [3.05, 3.63) is 65.5 Å². The Kier molecular flexibility index (Phi) is 6.43. The smallest absolute Gasteiger partial charge is 0.238 e. The van der Waals surface area contributed by atoms with Gasteiger partial charge < -0.3 is 5.32 Å². The second-order valence-electron chi connectivity index (χ2n) is 6.95. The van der Waals surface area contributed by atoms with Crippen molar-refractivity contribution in [3.63, 3.8) is 0 Å². The molecule has 0 atom stereocenters. The standard InChI is InChI=1S/C20H24FN3O3S/c1-16-7-8-19(18(21)13-16)22-20(25)14-23-9-11-24(12-10-23)28(26,27)15-17-5-3-2-4-6-17/h2-8,13H,9-12,14-15H2,1H3,(H,22,25). The van der Waals surface area contributed by atoms with E-state index in [4.69, 9.17) is 0 Å². The van der Waals surface area contributed by atoms with Crippen molar-refractivity contribution in [1.82, 2.24) is 9.21 Å². The number of sulfonamides is 1. The van der Waals surface area contributed by atoms with E-state index in [0.29, 0.717) is 26.2 Å². The van der Waals surface area contributed by atoms with Gasteiger partial charge in [-0.15, -0.1) is 0 Å². The zero-order valence-corrected chi connectivity index (χ0v) is 16.6. The van der Waals surface area contributed by atoms with Gasteiger partial charge in [-0.3, -0.25) is 9.69 Å². The molecule has 28 heavy (non-hydrogen) atoms. The number of rotatable bonds is 6. The summed E-state index contributed by atoms with van der Waals surface area (Å²) in [4.78, 5) is 14.1. The number of hydrogen-bond acceptors (Lipinski definition) is 4. The molecule has 0 radical (unpaired) electrons. The van der Waals surface area contributed by atoms with Gasteiger partial charge in [0, 0.05) is 26.2 Å². The average Bonchev–Trinajstić information content (AvgIpc) is 2.65. The highest BCUT2D eigenvalue weighted by molar-refractivity contribution is 7.88. The number of carbonyl (C=O) groups is 1. The first-order chi connectivity index (χ1) is 13.3. The highest BCUT2D eigenvalue weighted by atomic mass is 32.2. The number of nitrogens with zero attached hydrogens (tertiary/aromatic N) is 2. The third-order valence-corrected chi connectivity index (χ3v) is 6.53. The monoisotopic (exact) mass is 405 g/mol. The molecular weight excluding hydrogens is 381 g/mol. The Balaban J connectivity index is 1.50. The molecule has 1 aliphatic rings. The molecule has 1 fully saturated rings. The second kappa shape index (κ2) is 8.81. The minimum Gasteiger partial charge on any atom is -0.322 e. The van der Waals surface area contributed by atoms with Gasteiger partial charge in [-0.05, 0) is 30.2 Å². The van der Waals surface area contributed by atoms with Crippen molar-refractivity contribution in [2.75, 3.05) is 38.0 Å². The van der Waals surface area contributed by atoms with E-state index in [2.05, 4.69) is 5.32 Å². The van der Waals surface area contributed by atoms with E-state index in [1.54, 1.807) is 25.1 Å². The molecule has 6 nitrogen and oxygen atoms in total. The first kappa shape index (κ1) is 20.4. The fraction of sp³-hybridized carbons (Fsp3) is 0.350. The van der Waals surface area contributed by atoms with Gasteiger partial charge in [0.15, 0.2) is 0 Å². The van der Waals surface area contributed by atoms with Crippen molar-refractivity contribution in [2.45, 2.75) is 12.7 Å². The third-order valence-electron chi connectivity index (χ3n) is 4.68. The quantitative estimate of drug-likeness (QED) is 0.800. The molecule has 1 saturated heterocycles. The maximum Gasteiger partial charge on any atom is 0.238 e. The molecule has 2 aromatic carbocycles. The fourth-order valence-electron chi connectivity index (χ4n) is 3.16. The molecule has 3 rings (SSSR count). The lowest BCUT2D eigenvalue weighted by Crippen LogP contribution is -2.50. The number of aryl methyl sites for hydroxylation is 1. The van der Waals surface area contributed by atoms with E-state index < -0.39 is 15.8 Å². The molecule has 1 amide bonds. The molecular formula is C20H24FN3O3S. The number of carbonyl (C=O) groups excluding carboxylic acids is 1. The topological polar surface area (TPSA) is 69.7 Å². The van der Waals surface area contributed by atoms with Gasteiger partial charge in [0.1, 0.15) is 5.82 Å². The molecule has 0 bridgehead atoms. The Hall–Kier alpha value is -2.29. The molecule has 0 aromatic heterocycles. The largest absolute Gasteiger partial charge is 0.322 e. The summed E-state index contributed by atoms with van der Waals surface area (Å²) in [6.07, 6.45) is 0. The van der Waals surface area contributed by atoms with E-state index in [1.807, 2.05) is 23.1 Å². The van der Waals surface area contributed by atoms with E-state index in [9.17, 15) is 17.6 Å². The molecule has 1 N–H and O–H groups in total. The van der Waals surface area contributed by atoms with Crippen LogP contribution in [0.15, 0.2) is 48.5 Å². The minimum absolute atomic E-state index is 0.0268. The first-order valence-electron chi connectivity index (χ1n) is 9.13. The molecule has 8 heteroatoms. The summed E-state index contributed by atoms with van der Waals surface area (Å²) in [6, 6.07) is 13.7. The predicted molar refractivity (Wildman–Crippen MR) is 107 cm³/mol. The van der Waals surface area contributed by atoms with Crippen LogP contribution in [0.25, 0.3) is 0 Å². The van der Waals surface area contributed by atoms with Crippen LogP contribution < -0.4 is 5.32 Å². The Morgan fingerprint density at radius 2 is 1.75 bits per heavy atom. The van der Waals surface area contributed by atoms with Crippen molar-refractivity contribution in [1.29, 1.82) is 0 Å². The van der Waals surface area contributed by atoms with Gasteiger partial charge in [-0.1, -0.05) is 36.4 Å². The van der Waals surface area contributed by atoms with Crippen LogP contribution in [0, 0.1) is 12.7 Å². The molecule has 0 saturated carbocycles. The number of benzene rings is 2. The second-order valence-corrected chi connectivity index (χ2v) is 8.92. The highest BCUT2D eigenvalue weighted by Gasteiger charge is 2.27. The van der Waals surface area contributed by atoms with Crippen LogP contribution in [0.5, 0.6) is 0 Å². The summed E-state index contributed by atoms with van der Waals surface area (Å²) >= 11 is 0. The van der Waals surface area contributed by atoms with E-state index in [0.717, 1.165) is 11.1 Å². The van der Waals surface area contributed by atoms with Gasteiger partial charge in [-0.2, -0.15) is 4.31 Å². The number of nitrogens with one attached hydrogen (secondary N) is 1. The van der Waals surface area contributed by atoms with Gasteiger partial charge in [0.05, 0.1) is 18.0 Å². The van der Waals surface area contributed by atoms with Crippen molar-refractivity contribution < 1.29 is 17.6 Å². The Morgan fingerprint density at radius 1 is 1.07 bits per heavy atom. The fourth-order valence-corrected chi connectivity index (χ4v) is 4.67. The van der Waals surface area contributed by atoms with Gasteiger partial charge >= 0.3 is 0 Å². The van der Waals surface area contributed by atoms with Crippen LogP contribution in [-0.4, -0.2) is 56.3 Å². The lowest BCUT2D eigenvalue weighted by molar-refractivity contribution is -0.117. The number of halogens is 1. The molecule has 150 valence electrons. The normalized spacial score (nSPS) is 16.1. The maximum atomic E-state index is 13.8. The first-order valence-corrected chi connectivity index (χ1v) is 10.7. The van der Waals surface area contributed by atoms with E-state index in [1.165, 1.54) is 16.4 Å². The van der Waals surface area contributed by atoms with Crippen molar-refractivity contribution in [2.24, 2.45) is 0 Å². The van der Waals surface area contributed by atoms with Gasteiger partial charge in [0.2, 0.25) is 15.9 Å². The highest BCUT2D eigenvalue weighted by Crippen LogP contribution is 2.16. The summed E-state index contributed by atoms with van der Waals surface area (Å²) in [6.45, 7) is 3.46. The SMILES string of the molecule is Cc1ccc(NC(=O)CN2CCN(S(=O)(=O)Cc3ccccc3)CC2)c(F)c1. The number of amides is 1. The summed E-state index contributed by atoms with van der Waals surface area (Å²) in [5.41, 5.74) is 1.69. The summed E-state index contributed by atoms with van der Waals surface area (Å²) in [5.74, 6) is -0.811. The van der Waals surface area contributed by atoms with Crippen LogP contribution in [0.3, 0.4) is 0 Å². The number of hydrogen-bond donors (Lipinski definition) is 1. The third kappa shape index (κ3) is 5.37.